The number of para-hydroxylation sites is 1. The van der Waals surface area contributed by atoms with Gasteiger partial charge in [0.15, 0.2) is 11.6 Å². The molecule has 0 bridgehead atoms. The second-order valence-corrected chi connectivity index (χ2v) is 6.82. The molecule has 27 heavy (non-hydrogen) atoms. The number of halogens is 1. The van der Waals surface area contributed by atoms with Gasteiger partial charge < -0.3 is 9.30 Å². The van der Waals surface area contributed by atoms with Gasteiger partial charge in [-0.15, -0.1) is 0 Å². The van der Waals surface area contributed by atoms with Gasteiger partial charge in [-0.05, 0) is 38.4 Å². The minimum atomic E-state index is -0.410. The number of nitrogens with zero attached hydrogens (tertiary/aromatic N) is 5. The molecule has 0 unspecified atom stereocenters. The highest BCUT2D eigenvalue weighted by atomic mass is 19.1. The van der Waals surface area contributed by atoms with Crippen LogP contribution in [0.3, 0.4) is 0 Å². The SMILES string of the molecule is Cc1cc(Oc2ccccc2F)nc([C@@H]2CCCN2Cc2nccn2C)n1. The maximum atomic E-state index is 13.9. The first-order valence-electron chi connectivity index (χ1n) is 9.08. The topological polar surface area (TPSA) is 56.1 Å². The highest BCUT2D eigenvalue weighted by Gasteiger charge is 2.29. The van der Waals surface area contributed by atoms with E-state index in [1.165, 1.54) is 6.07 Å². The summed E-state index contributed by atoms with van der Waals surface area (Å²) in [6, 6.07) is 8.16. The smallest absolute Gasteiger partial charge is 0.222 e. The molecule has 140 valence electrons. The Labute approximate surface area is 157 Å². The second kappa shape index (κ2) is 7.44. The molecule has 0 N–H and O–H groups in total. The molecule has 6 nitrogen and oxygen atoms in total. The van der Waals surface area contributed by atoms with Crippen LogP contribution in [0.5, 0.6) is 11.6 Å². The summed E-state index contributed by atoms with van der Waals surface area (Å²) in [7, 11) is 2.00. The molecule has 1 fully saturated rings. The lowest BCUT2D eigenvalue weighted by Gasteiger charge is -2.23. The Balaban J connectivity index is 1.58. The van der Waals surface area contributed by atoms with E-state index in [1.807, 2.05) is 30.9 Å². The van der Waals surface area contributed by atoms with Crippen LogP contribution >= 0.6 is 0 Å². The zero-order valence-electron chi connectivity index (χ0n) is 15.5. The van der Waals surface area contributed by atoms with Crippen molar-refractivity contribution in [2.45, 2.75) is 32.4 Å². The highest BCUT2D eigenvalue weighted by Crippen LogP contribution is 2.32. The molecular weight excluding hydrogens is 345 g/mol. The van der Waals surface area contributed by atoms with Crippen molar-refractivity contribution in [2.75, 3.05) is 6.54 Å². The number of aryl methyl sites for hydroxylation is 2. The van der Waals surface area contributed by atoms with Crippen molar-refractivity contribution in [3.05, 3.63) is 65.9 Å². The van der Waals surface area contributed by atoms with E-state index in [0.29, 0.717) is 11.7 Å². The lowest BCUT2D eigenvalue weighted by Crippen LogP contribution is -2.26. The lowest BCUT2D eigenvalue weighted by molar-refractivity contribution is 0.230. The van der Waals surface area contributed by atoms with Gasteiger partial charge in [-0.1, -0.05) is 12.1 Å². The second-order valence-electron chi connectivity index (χ2n) is 6.82. The fourth-order valence-corrected chi connectivity index (χ4v) is 3.44. The largest absolute Gasteiger partial charge is 0.436 e. The summed E-state index contributed by atoms with van der Waals surface area (Å²) in [5.74, 6) is 1.85. The van der Waals surface area contributed by atoms with Crippen LogP contribution in [0.1, 0.15) is 36.2 Å². The molecule has 4 rings (SSSR count). The minimum absolute atomic E-state index is 0.101. The van der Waals surface area contributed by atoms with Crippen molar-refractivity contribution in [1.29, 1.82) is 0 Å². The number of likely N-dealkylation sites (tertiary alicyclic amines) is 1. The van der Waals surface area contributed by atoms with Crippen molar-refractivity contribution >= 4 is 0 Å². The van der Waals surface area contributed by atoms with E-state index >= 15 is 0 Å². The van der Waals surface area contributed by atoms with Gasteiger partial charge in [0.05, 0.1) is 12.6 Å². The number of imidazole rings is 1. The molecule has 3 aromatic rings. The summed E-state index contributed by atoms with van der Waals surface area (Å²) in [6.45, 7) is 3.62. The van der Waals surface area contributed by atoms with E-state index in [4.69, 9.17) is 4.74 Å². The van der Waals surface area contributed by atoms with Gasteiger partial charge >= 0.3 is 0 Å². The summed E-state index contributed by atoms with van der Waals surface area (Å²) >= 11 is 0. The predicted molar refractivity (Wildman–Crippen MR) is 98.8 cm³/mol. The van der Waals surface area contributed by atoms with Crippen molar-refractivity contribution in [2.24, 2.45) is 7.05 Å². The maximum absolute atomic E-state index is 13.9. The standard InChI is InChI=1S/C20H22FN5O/c1-14-12-19(27-17-8-4-3-6-15(17)21)24-20(23-14)16-7-5-10-26(16)13-18-22-9-11-25(18)2/h3-4,6,8-9,11-12,16H,5,7,10,13H2,1-2H3/t16-/m0/s1. The lowest BCUT2D eigenvalue weighted by atomic mass is 10.2. The van der Waals surface area contributed by atoms with Crippen LogP contribution in [0.2, 0.25) is 0 Å². The molecule has 0 aliphatic carbocycles. The Morgan fingerprint density at radius 1 is 1.26 bits per heavy atom. The summed E-state index contributed by atoms with van der Waals surface area (Å²) in [5, 5.41) is 0. The van der Waals surface area contributed by atoms with Gasteiger partial charge in [-0.3, -0.25) is 4.90 Å². The van der Waals surface area contributed by atoms with Crippen LogP contribution in [0.15, 0.2) is 42.7 Å². The molecule has 1 aromatic carbocycles. The Morgan fingerprint density at radius 2 is 2.11 bits per heavy atom. The number of hydrogen-bond acceptors (Lipinski definition) is 5. The molecule has 0 radical (unpaired) electrons. The maximum Gasteiger partial charge on any atom is 0.222 e. The third-order valence-electron chi connectivity index (χ3n) is 4.83. The van der Waals surface area contributed by atoms with Crippen molar-refractivity contribution < 1.29 is 9.13 Å². The number of rotatable bonds is 5. The molecular formula is C20H22FN5O. The fraction of sp³-hybridized carbons (Fsp3) is 0.350. The quantitative estimate of drug-likeness (QED) is 0.687. The van der Waals surface area contributed by atoms with E-state index in [0.717, 1.165) is 37.4 Å². The van der Waals surface area contributed by atoms with Crippen LogP contribution in [-0.4, -0.2) is 31.0 Å². The fourth-order valence-electron chi connectivity index (χ4n) is 3.44. The van der Waals surface area contributed by atoms with Crippen LogP contribution in [0.4, 0.5) is 4.39 Å². The third-order valence-corrected chi connectivity index (χ3v) is 4.83. The monoisotopic (exact) mass is 367 g/mol. The Kier molecular flexibility index (Phi) is 4.85. The van der Waals surface area contributed by atoms with Gasteiger partial charge in [0, 0.05) is 31.2 Å². The van der Waals surface area contributed by atoms with Crippen molar-refractivity contribution in [1.82, 2.24) is 24.4 Å². The van der Waals surface area contributed by atoms with Gasteiger partial charge in [-0.2, -0.15) is 4.98 Å². The van der Waals surface area contributed by atoms with Crippen LogP contribution in [0, 0.1) is 12.7 Å². The molecule has 3 heterocycles. The predicted octanol–water partition coefficient (Wildman–Crippen LogP) is 3.79. The zero-order valence-corrected chi connectivity index (χ0v) is 15.5. The first-order chi connectivity index (χ1) is 13.1. The van der Waals surface area contributed by atoms with Crippen LogP contribution in [0.25, 0.3) is 0 Å². The zero-order chi connectivity index (χ0) is 18.8. The van der Waals surface area contributed by atoms with E-state index in [2.05, 4.69) is 19.9 Å². The van der Waals surface area contributed by atoms with E-state index in [9.17, 15) is 4.39 Å². The van der Waals surface area contributed by atoms with Gasteiger partial charge in [0.25, 0.3) is 0 Å². The van der Waals surface area contributed by atoms with Crippen LogP contribution in [-0.2, 0) is 13.6 Å². The molecule has 2 aromatic heterocycles. The Morgan fingerprint density at radius 3 is 2.89 bits per heavy atom. The number of hydrogen-bond donors (Lipinski definition) is 0. The normalized spacial score (nSPS) is 17.4. The first kappa shape index (κ1) is 17.6. The highest BCUT2D eigenvalue weighted by molar-refractivity contribution is 5.29. The van der Waals surface area contributed by atoms with E-state index in [1.54, 1.807) is 24.3 Å². The molecule has 0 amide bonds. The third kappa shape index (κ3) is 3.83. The van der Waals surface area contributed by atoms with Gasteiger partial charge in [0.1, 0.15) is 11.6 Å². The summed E-state index contributed by atoms with van der Waals surface area (Å²) in [4.78, 5) is 16.0. The van der Waals surface area contributed by atoms with Gasteiger partial charge in [0.2, 0.25) is 5.88 Å². The summed E-state index contributed by atoms with van der Waals surface area (Å²) in [5.41, 5.74) is 0.801. The molecule has 1 aliphatic rings. The molecule has 1 aliphatic heterocycles. The molecule has 0 spiro atoms. The van der Waals surface area contributed by atoms with Crippen LogP contribution < -0.4 is 4.74 Å². The average Bonchev–Trinajstić information content (AvgIpc) is 3.26. The number of ether oxygens (including phenoxy) is 1. The number of aromatic nitrogens is 4. The van der Waals surface area contributed by atoms with Crippen molar-refractivity contribution in [3.8, 4) is 11.6 Å². The first-order valence-corrected chi connectivity index (χ1v) is 9.08. The Bertz CT molecular complexity index is 942. The Hall–Kier alpha value is -2.80. The number of benzene rings is 1. The minimum Gasteiger partial charge on any atom is -0.436 e. The molecule has 7 heteroatoms. The van der Waals surface area contributed by atoms with E-state index in [-0.39, 0.29) is 11.8 Å². The summed E-state index contributed by atoms with van der Waals surface area (Å²) in [6.07, 6.45) is 5.82. The van der Waals surface area contributed by atoms with Gasteiger partial charge in [-0.25, -0.2) is 14.4 Å². The molecule has 1 saturated heterocycles. The summed E-state index contributed by atoms with van der Waals surface area (Å²) < 4.78 is 21.6. The van der Waals surface area contributed by atoms with Crippen molar-refractivity contribution in [3.63, 3.8) is 0 Å². The molecule has 1 atom stereocenters. The van der Waals surface area contributed by atoms with E-state index < -0.39 is 5.82 Å². The molecule has 0 saturated carbocycles. The average molecular weight is 367 g/mol.